The van der Waals surface area contributed by atoms with Crippen molar-refractivity contribution in [1.29, 1.82) is 0 Å². The summed E-state index contributed by atoms with van der Waals surface area (Å²) < 4.78 is 0. The van der Waals surface area contributed by atoms with E-state index in [-0.39, 0.29) is 30.9 Å². The van der Waals surface area contributed by atoms with E-state index in [1.165, 1.54) is 4.90 Å². The van der Waals surface area contributed by atoms with Crippen molar-refractivity contribution < 1.29 is 19.5 Å². The monoisotopic (exact) mass is 271 g/mol. The number of amides is 3. The van der Waals surface area contributed by atoms with Crippen molar-refractivity contribution in [1.82, 2.24) is 15.1 Å². The fourth-order valence-corrected chi connectivity index (χ4v) is 2.15. The number of carbonyl (C=O) groups excluding carboxylic acids is 2. The standard InChI is InChI=1S/C12H21N3O4/c1-14(2)12(19)13-8-10(16)15-6-4-3-5-9(15)7-11(17)18/h9H,3-8H2,1-2H3,(H,13,19)(H,17,18). The third-order valence-electron chi connectivity index (χ3n) is 3.15. The summed E-state index contributed by atoms with van der Waals surface area (Å²) >= 11 is 0. The second-order valence-electron chi connectivity index (χ2n) is 4.89. The van der Waals surface area contributed by atoms with E-state index in [1.54, 1.807) is 19.0 Å². The lowest BCUT2D eigenvalue weighted by Gasteiger charge is -2.35. The van der Waals surface area contributed by atoms with Gasteiger partial charge in [0.05, 0.1) is 13.0 Å². The number of nitrogens with zero attached hydrogens (tertiary/aromatic N) is 2. The van der Waals surface area contributed by atoms with Crippen molar-refractivity contribution in [3.05, 3.63) is 0 Å². The van der Waals surface area contributed by atoms with Gasteiger partial charge in [-0.15, -0.1) is 0 Å². The molecule has 7 nitrogen and oxygen atoms in total. The highest BCUT2D eigenvalue weighted by atomic mass is 16.4. The molecule has 1 saturated heterocycles. The molecule has 7 heteroatoms. The van der Waals surface area contributed by atoms with Gasteiger partial charge >= 0.3 is 12.0 Å². The third-order valence-corrected chi connectivity index (χ3v) is 3.15. The quantitative estimate of drug-likeness (QED) is 0.759. The van der Waals surface area contributed by atoms with Crippen molar-refractivity contribution >= 4 is 17.9 Å². The van der Waals surface area contributed by atoms with E-state index in [0.29, 0.717) is 13.0 Å². The van der Waals surface area contributed by atoms with Crippen LogP contribution in [0.4, 0.5) is 4.79 Å². The largest absolute Gasteiger partial charge is 0.481 e. The number of hydrogen-bond donors (Lipinski definition) is 2. The molecule has 1 atom stereocenters. The first-order valence-corrected chi connectivity index (χ1v) is 6.38. The van der Waals surface area contributed by atoms with Gasteiger partial charge in [0.2, 0.25) is 5.91 Å². The summed E-state index contributed by atoms with van der Waals surface area (Å²) in [6.45, 7) is 0.474. The second kappa shape index (κ2) is 6.96. The lowest BCUT2D eigenvalue weighted by Crippen LogP contribution is -2.49. The van der Waals surface area contributed by atoms with Crippen molar-refractivity contribution in [2.45, 2.75) is 31.7 Å². The first-order chi connectivity index (χ1) is 8.91. The van der Waals surface area contributed by atoms with Gasteiger partial charge in [-0.2, -0.15) is 0 Å². The molecule has 0 spiro atoms. The number of aliphatic carboxylic acids is 1. The Morgan fingerprint density at radius 3 is 2.58 bits per heavy atom. The van der Waals surface area contributed by atoms with Crippen molar-refractivity contribution in [2.75, 3.05) is 27.2 Å². The molecule has 1 rings (SSSR count). The molecule has 1 aliphatic rings. The topological polar surface area (TPSA) is 90.0 Å². The number of hydrogen-bond acceptors (Lipinski definition) is 3. The van der Waals surface area contributed by atoms with Crippen molar-refractivity contribution in [2.24, 2.45) is 0 Å². The SMILES string of the molecule is CN(C)C(=O)NCC(=O)N1CCCCC1CC(=O)O. The first kappa shape index (κ1) is 15.3. The summed E-state index contributed by atoms with van der Waals surface area (Å²) in [5, 5.41) is 11.3. The van der Waals surface area contributed by atoms with Gasteiger partial charge in [0.15, 0.2) is 0 Å². The van der Waals surface area contributed by atoms with Crippen molar-refractivity contribution in [3.63, 3.8) is 0 Å². The third kappa shape index (κ3) is 4.76. The van der Waals surface area contributed by atoms with Gasteiger partial charge in [-0.3, -0.25) is 9.59 Å². The molecule has 0 radical (unpaired) electrons. The van der Waals surface area contributed by atoms with Gasteiger partial charge in [0.1, 0.15) is 0 Å². The highest BCUT2D eigenvalue weighted by molar-refractivity contribution is 5.84. The Kier molecular flexibility index (Phi) is 5.59. The average molecular weight is 271 g/mol. The highest BCUT2D eigenvalue weighted by Gasteiger charge is 2.28. The molecule has 108 valence electrons. The summed E-state index contributed by atoms with van der Waals surface area (Å²) in [5.74, 6) is -1.12. The molecule has 0 aromatic carbocycles. The van der Waals surface area contributed by atoms with Gasteiger partial charge in [-0.1, -0.05) is 0 Å². The Morgan fingerprint density at radius 2 is 2.00 bits per heavy atom. The normalized spacial score (nSPS) is 18.8. The molecule has 1 unspecified atom stereocenters. The molecule has 0 saturated carbocycles. The molecule has 1 heterocycles. The molecule has 2 N–H and O–H groups in total. The maximum Gasteiger partial charge on any atom is 0.317 e. The van der Waals surface area contributed by atoms with E-state index in [1.807, 2.05) is 0 Å². The predicted octanol–water partition coefficient (Wildman–Crippen LogP) is 0.113. The molecular weight excluding hydrogens is 250 g/mol. The molecule has 1 fully saturated rings. The zero-order chi connectivity index (χ0) is 14.4. The summed E-state index contributed by atoms with van der Waals surface area (Å²) in [4.78, 5) is 37.1. The average Bonchev–Trinajstić information content (AvgIpc) is 2.35. The maximum absolute atomic E-state index is 12.0. The van der Waals surface area contributed by atoms with Crippen LogP contribution in [0.15, 0.2) is 0 Å². The molecule has 0 aromatic heterocycles. The zero-order valence-corrected chi connectivity index (χ0v) is 11.4. The first-order valence-electron chi connectivity index (χ1n) is 6.38. The number of rotatable bonds is 4. The number of piperidine rings is 1. The predicted molar refractivity (Wildman–Crippen MR) is 68.7 cm³/mol. The number of urea groups is 1. The lowest BCUT2D eigenvalue weighted by molar-refractivity contribution is -0.141. The van der Waals surface area contributed by atoms with Crippen LogP contribution in [-0.4, -0.2) is 66.0 Å². The summed E-state index contributed by atoms with van der Waals surface area (Å²) in [7, 11) is 3.18. The van der Waals surface area contributed by atoms with E-state index in [0.717, 1.165) is 12.8 Å². The second-order valence-corrected chi connectivity index (χ2v) is 4.89. The summed E-state index contributed by atoms with van der Waals surface area (Å²) in [5.41, 5.74) is 0. The molecule has 0 aromatic rings. The van der Waals surface area contributed by atoms with Crippen LogP contribution in [0.1, 0.15) is 25.7 Å². The fraction of sp³-hybridized carbons (Fsp3) is 0.750. The van der Waals surface area contributed by atoms with Crippen LogP contribution in [0.25, 0.3) is 0 Å². The minimum atomic E-state index is -0.901. The Bertz CT molecular complexity index is 357. The van der Waals surface area contributed by atoms with E-state index in [2.05, 4.69) is 5.32 Å². The van der Waals surface area contributed by atoms with Gasteiger partial charge in [0, 0.05) is 26.7 Å². The molecular formula is C12H21N3O4. The van der Waals surface area contributed by atoms with Gasteiger partial charge < -0.3 is 20.2 Å². The highest BCUT2D eigenvalue weighted by Crippen LogP contribution is 2.19. The number of likely N-dealkylation sites (tertiary alicyclic amines) is 1. The van der Waals surface area contributed by atoms with Crippen LogP contribution < -0.4 is 5.32 Å². The Morgan fingerprint density at radius 1 is 1.32 bits per heavy atom. The van der Waals surface area contributed by atoms with Crippen LogP contribution >= 0.6 is 0 Å². The molecule has 1 aliphatic heterocycles. The molecule has 3 amide bonds. The maximum atomic E-state index is 12.0. The minimum Gasteiger partial charge on any atom is -0.481 e. The smallest absolute Gasteiger partial charge is 0.317 e. The Labute approximate surface area is 112 Å². The lowest BCUT2D eigenvalue weighted by atomic mass is 9.99. The van der Waals surface area contributed by atoms with Crippen LogP contribution in [0.2, 0.25) is 0 Å². The van der Waals surface area contributed by atoms with Gasteiger partial charge in [-0.25, -0.2) is 4.79 Å². The van der Waals surface area contributed by atoms with E-state index in [4.69, 9.17) is 5.11 Å². The molecule has 0 bridgehead atoms. The van der Waals surface area contributed by atoms with Crippen molar-refractivity contribution in [3.8, 4) is 0 Å². The zero-order valence-electron chi connectivity index (χ0n) is 11.4. The summed E-state index contributed by atoms with van der Waals surface area (Å²) in [6, 6.07) is -0.588. The van der Waals surface area contributed by atoms with E-state index in [9.17, 15) is 14.4 Å². The van der Waals surface area contributed by atoms with Crippen LogP contribution in [0, 0.1) is 0 Å². The van der Waals surface area contributed by atoms with Crippen LogP contribution in [0.3, 0.4) is 0 Å². The Hall–Kier alpha value is -1.79. The Balaban J connectivity index is 2.52. The number of carboxylic acid groups (broad SMARTS) is 1. The molecule has 19 heavy (non-hydrogen) atoms. The minimum absolute atomic E-state index is 0.0344. The van der Waals surface area contributed by atoms with E-state index < -0.39 is 5.97 Å². The van der Waals surface area contributed by atoms with Crippen LogP contribution in [0.5, 0.6) is 0 Å². The van der Waals surface area contributed by atoms with Gasteiger partial charge in [-0.05, 0) is 19.3 Å². The van der Waals surface area contributed by atoms with E-state index >= 15 is 0 Å². The molecule has 0 aliphatic carbocycles. The summed E-state index contributed by atoms with van der Waals surface area (Å²) in [6.07, 6.45) is 2.49. The number of carboxylic acids is 1. The number of carbonyl (C=O) groups is 3. The fourth-order valence-electron chi connectivity index (χ4n) is 2.15. The van der Waals surface area contributed by atoms with Gasteiger partial charge in [0.25, 0.3) is 0 Å². The number of nitrogens with one attached hydrogen (secondary N) is 1. The van der Waals surface area contributed by atoms with Crippen LogP contribution in [-0.2, 0) is 9.59 Å².